The van der Waals surface area contributed by atoms with Gasteiger partial charge in [0.05, 0.1) is 24.0 Å². The van der Waals surface area contributed by atoms with Crippen LogP contribution in [0.3, 0.4) is 0 Å². The monoisotopic (exact) mass is 339 g/mol. The third kappa shape index (κ3) is 2.83. The number of aryl methyl sites for hydroxylation is 1. The van der Waals surface area contributed by atoms with E-state index in [0.717, 1.165) is 11.8 Å². The van der Waals surface area contributed by atoms with Gasteiger partial charge in [-0.2, -0.15) is 5.10 Å². The summed E-state index contributed by atoms with van der Waals surface area (Å²) in [5, 5.41) is 10.4. The van der Waals surface area contributed by atoms with Crippen molar-refractivity contribution in [2.45, 2.75) is 19.3 Å². The fourth-order valence-electron chi connectivity index (χ4n) is 3.12. The van der Waals surface area contributed by atoms with E-state index < -0.39 is 11.5 Å². The second-order valence-electron chi connectivity index (χ2n) is 6.15. The van der Waals surface area contributed by atoms with Crippen LogP contribution >= 0.6 is 0 Å². The van der Waals surface area contributed by atoms with Gasteiger partial charge in [0.2, 0.25) is 0 Å². The zero-order valence-electron chi connectivity index (χ0n) is 13.7. The van der Waals surface area contributed by atoms with Crippen LogP contribution in [0.25, 0.3) is 10.9 Å². The van der Waals surface area contributed by atoms with Crippen LogP contribution in [0.1, 0.15) is 34.0 Å². The zero-order valence-corrected chi connectivity index (χ0v) is 13.7. The summed E-state index contributed by atoms with van der Waals surface area (Å²) < 4.78 is 10.7. The van der Waals surface area contributed by atoms with Crippen LogP contribution in [0.4, 0.5) is 5.69 Å². The molecule has 4 rings (SSSR count). The molecular weight excluding hydrogens is 322 g/mol. The molecule has 0 bridgehead atoms. The van der Waals surface area contributed by atoms with E-state index in [1.54, 1.807) is 25.3 Å². The first kappa shape index (κ1) is 15.6. The van der Waals surface area contributed by atoms with Gasteiger partial charge in [-0.25, -0.2) is 4.79 Å². The molecule has 0 radical (unpaired) electrons. The molecule has 1 aliphatic heterocycles. The largest absolute Gasteiger partial charge is 0.427 e. The minimum Gasteiger partial charge on any atom is -0.427 e. The fraction of sp³-hybridized carbons (Fsp3) is 0.278. The quantitative estimate of drug-likeness (QED) is 0.764. The van der Waals surface area contributed by atoms with Gasteiger partial charge in [-0.1, -0.05) is 12.1 Å². The molecule has 2 aromatic heterocycles. The van der Waals surface area contributed by atoms with Crippen molar-refractivity contribution in [1.29, 1.82) is 0 Å². The molecule has 1 aliphatic rings. The Hall–Kier alpha value is -2.93. The molecular formula is C18H17N3O4. The highest BCUT2D eigenvalue weighted by molar-refractivity contribution is 6.08. The van der Waals surface area contributed by atoms with E-state index in [0.29, 0.717) is 35.7 Å². The second-order valence-corrected chi connectivity index (χ2v) is 6.15. The maximum absolute atomic E-state index is 12.6. The van der Waals surface area contributed by atoms with Crippen molar-refractivity contribution < 1.29 is 13.9 Å². The highest BCUT2D eigenvalue weighted by Gasteiger charge is 2.24. The number of nitrogens with one attached hydrogen (secondary N) is 2. The molecule has 2 N–H and O–H groups in total. The highest BCUT2D eigenvalue weighted by atomic mass is 16.5. The summed E-state index contributed by atoms with van der Waals surface area (Å²) in [4.78, 5) is 25.0. The molecule has 1 amide bonds. The van der Waals surface area contributed by atoms with Crippen molar-refractivity contribution in [2.75, 3.05) is 18.5 Å². The number of amides is 1. The van der Waals surface area contributed by atoms with E-state index in [9.17, 15) is 9.59 Å². The van der Waals surface area contributed by atoms with Gasteiger partial charge in [-0.05, 0) is 31.0 Å². The molecule has 0 aliphatic carbocycles. The van der Waals surface area contributed by atoms with Gasteiger partial charge in [0, 0.05) is 17.9 Å². The Kier molecular flexibility index (Phi) is 3.85. The number of carbonyl (C=O) groups is 1. The van der Waals surface area contributed by atoms with Crippen molar-refractivity contribution in [3.63, 3.8) is 0 Å². The molecule has 7 nitrogen and oxygen atoms in total. The minimum atomic E-state index is -0.629. The van der Waals surface area contributed by atoms with E-state index in [4.69, 9.17) is 9.15 Å². The SMILES string of the molecule is Cc1cc(C2CCOC2)oc(=O)c1C(=O)Nc1cccc2cn[nH]c12. The number of H-pyrrole nitrogens is 1. The number of rotatable bonds is 3. The predicted molar refractivity (Wildman–Crippen MR) is 91.9 cm³/mol. The van der Waals surface area contributed by atoms with Crippen LogP contribution < -0.4 is 10.9 Å². The lowest BCUT2D eigenvalue weighted by Gasteiger charge is -2.11. The number of fused-ring (bicyclic) bond motifs is 1. The molecule has 0 saturated carbocycles. The average molecular weight is 339 g/mol. The van der Waals surface area contributed by atoms with Crippen LogP contribution in [0.15, 0.2) is 39.7 Å². The number of hydrogen-bond donors (Lipinski definition) is 2. The highest BCUT2D eigenvalue weighted by Crippen LogP contribution is 2.26. The minimum absolute atomic E-state index is 0.0131. The summed E-state index contributed by atoms with van der Waals surface area (Å²) in [6, 6.07) is 7.20. The smallest absolute Gasteiger partial charge is 0.349 e. The number of anilines is 1. The Morgan fingerprint density at radius 2 is 2.28 bits per heavy atom. The lowest BCUT2D eigenvalue weighted by molar-refractivity contribution is 0.102. The molecule has 3 aromatic rings. The van der Waals surface area contributed by atoms with Crippen molar-refractivity contribution in [3.05, 3.63) is 57.8 Å². The topological polar surface area (TPSA) is 97.2 Å². The van der Waals surface area contributed by atoms with Crippen molar-refractivity contribution in [2.24, 2.45) is 0 Å². The summed E-state index contributed by atoms with van der Waals surface area (Å²) in [5.41, 5.74) is 1.24. The molecule has 1 unspecified atom stereocenters. The Labute approximate surface area is 143 Å². The van der Waals surface area contributed by atoms with Gasteiger partial charge in [-0.3, -0.25) is 9.89 Å². The Bertz CT molecular complexity index is 999. The molecule has 1 fully saturated rings. The number of aromatic amines is 1. The average Bonchev–Trinajstić information content (AvgIpc) is 3.26. The first-order valence-corrected chi connectivity index (χ1v) is 8.09. The first-order valence-electron chi connectivity index (χ1n) is 8.09. The molecule has 128 valence electrons. The van der Waals surface area contributed by atoms with Crippen LogP contribution in [0.2, 0.25) is 0 Å². The van der Waals surface area contributed by atoms with E-state index in [1.165, 1.54) is 0 Å². The van der Waals surface area contributed by atoms with Gasteiger partial charge in [-0.15, -0.1) is 0 Å². The van der Waals surface area contributed by atoms with Gasteiger partial charge < -0.3 is 14.5 Å². The predicted octanol–water partition coefficient (Wildman–Crippen LogP) is 2.58. The summed E-state index contributed by atoms with van der Waals surface area (Å²) in [5.74, 6) is 0.150. The summed E-state index contributed by atoms with van der Waals surface area (Å²) in [6.45, 7) is 2.93. The number of ether oxygens (including phenoxy) is 1. The van der Waals surface area contributed by atoms with E-state index in [1.807, 2.05) is 12.1 Å². The molecule has 25 heavy (non-hydrogen) atoms. The number of aromatic nitrogens is 2. The summed E-state index contributed by atoms with van der Waals surface area (Å²) >= 11 is 0. The van der Waals surface area contributed by atoms with Gasteiger partial charge >= 0.3 is 5.63 Å². The van der Waals surface area contributed by atoms with Crippen LogP contribution in [-0.2, 0) is 4.74 Å². The third-order valence-electron chi connectivity index (χ3n) is 4.45. The van der Waals surface area contributed by atoms with Gasteiger partial charge in [0.15, 0.2) is 0 Å². The number of carbonyl (C=O) groups excluding carboxylic acids is 1. The van der Waals surface area contributed by atoms with Crippen molar-refractivity contribution in [3.8, 4) is 0 Å². The molecule has 3 heterocycles. The Balaban J connectivity index is 1.66. The Morgan fingerprint density at radius 3 is 3.04 bits per heavy atom. The molecule has 1 saturated heterocycles. The molecule has 1 atom stereocenters. The third-order valence-corrected chi connectivity index (χ3v) is 4.45. The lowest BCUT2D eigenvalue weighted by atomic mass is 10.0. The number of hydrogen-bond acceptors (Lipinski definition) is 5. The standard InChI is InChI=1S/C18H17N3O4/c1-10-7-14(12-5-6-24-9-12)25-18(23)15(10)17(22)20-13-4-2-3-11-8-19-21-16(11)13/h2-4,7-8,12H,5-6,9H2,1H3,(H,19,21)(H,20,22). The van der Waals surface area contributed by atoms with E-state index in [-0.39, 0.29) is 11.5 Å². The summed E-state index contributed by atoms with van der Waals surface area (Å²) in [6.07, 6.45) is 2.48. The van der Waals surface area contributed by atoms with Gasteiger partial charge in [0.25, 0.3) is 5.91 Å². The Morgan fingerprint density at radius 1 is 1.40 bits per heavy atom. The van der Waals surface area contributed by atoms with Crippen LogP contribution in [-0.4, -0.2) is 29.3 Å². The van der Waals surface area contributed by atoms with Crippen LogP contribution in [0, 0.1) is 6.92 Å². The normalized spacial score (nSPS) is 17.1. The maximum atomic E-state index is 12.6. The van der Waals surface area contributed by atoms with Crippen molar-refractivity contribution in [1.82, 2.24) is 10.2 Å². The molecule has 0 spiro atoms. The van der Waals surface area contributed by atoms with Crippen LogP contribution in [0.5, 0.6) is 0 Å². The number of nitrogens with zero attached hydrogens (tertiary/aromatic N) is 1. The van der Waals surface area contributed by atoms with Gasteiger partial charge in [0.1, 0.15) is 11.3 Å². The lowest BCUT2D eigenvalue weighted by Crippen LogP contribution is -2.23. The van der Waals surface area contributed by atoms with E-state index >= 15 is 0 Å². The summed E-state index contributed by atoms with van der Waals surface area (Å²) in [7, 11) is 0. The van der Waals surface area contributed by atoms with Crippen molar-refractivity contribution >= 4 is 22.5 Å². The first-order chi connectivity index (χ1) is 12.1. The molecule has 1 aromatic carbocycles. The fourth-order valence-corrected chi connectivity index (χ4v) is 3.12. The second kappa shape index (κ2) is 6.18. The number of benzene rings is 1. The number of para-hydroxylation sites is 1. The maximum Gasteiger partial charge on any atom is 0.349 e. The van der Waals surface area contributed by atoms with E-state index in [2.05, 4.69) is 15.5 Å². The zero-order chi connectivity index (χ0) is 17.4. The molecule has 7 heteroatoms.